The Morgan fingerprint density at radius 3 is 2.53 bits per heavy atom. The van der Waals surface area contributed by atoms with Gasteiger partial charge < -0.3 is 14.9 Å². The predicted octanol–water partition coefficient (Wildman–Crippen LogP) is 1.34. The summed E-state index contributed by atoms with van der Waals surface area (Å²) in [5, 5.41) is 18.3. The molecule has 0 aliphatic heterocycles. The van der Waals surface area contributed by atoms with E-state index in [1.165, 1.54) is 0 Å². The van der Waals surface area contributed by atoms with E-state index in [2.05, 4.69) is 0 Å². The van der Waals surface area contributed by atoms with E-state index >= 15 is 0 Å². The highest BCUT2D eigenvalue weighted by molar-refractivity contribution is 5.13. The van der Waals surface area contributed by atoms with Gasteiger partial charge in [-0.05, 0) is 12.5 Å². The number of aliphatic hydroxyl groups excluding tert-OH is 1. The Balaban J connectivity index is 2.18. The van der Waals surface area contributed by atoms with Gasteiger partial charge in [-0.2, -0.15) is 0 Å². The largest absolute Gasteiger partial charge is 0.393 e. The number of ether oxygens (including phenoxy) is 1. The van der Waals surface area contributed by atoms with Crippen molar-refractivity contribution < 1.29 is 14.9 Å². The van der Waals surface area contributed by atoms with Crippen LogP contribution in [0, 0.1) is 0 Å². The first-order valence-corrected chi connectivity index (χ1v) is 5.09. The summed E-state index contributed by atoms with van der Waals surface area (Å²) in [6.45, 7) is 2.35. The summed E-state index contributed by atoms with van der Waals surface area (Å²) in [6, 6.07) is 9.86. The summed E-state index contributed by atoms with van der Waals surface area (Å²) >= 11 is 0. The van der Waals surface area contributed by atoms with Crippen molar-refractivity contribution in [1.82, 2.24) is 0 Å². The van der Waals surface area contributed by atoms with Gasteiger partial charge in [-0.1, -0.05) is 30.3 Å². The van der Waals surface area contributed by atoms with Gasteiger partial charge in [0.2, 0.25) is 0 Å². The first-order chi connectivity index (χ1) is 7.14. The van der Waals surface area contributed by atoms with Crippen LogP contribution in [0.3, 0.4) is 0 Å². The summed E-state index contributed by atoms with van der Waals surface area (Å²) < 4.78 is 5.39. The van der Waals surface area contributed by atoms with Gasteiger partial charge in [0.25, 0.3) is 0 Å². The average Bonchev–Trinajstić information content (AvgIpc) is 2.26. The molecule has 0 aromatic heterocycles. The van der Waals surface area contributed by atoms with Gasteiger partial charge in [0.1, 0.15) is 0 Å². The summed E-state index contributed by atoms with van der Waals surface area (Å²) in [5.41, 5.74) is 0.0811. The summed E-state index contributed by atoms with van der Waals surface area (Å²) in [6.07, 6.45) is 0.441. The van der Waals surface area contributed by atoms with E-state index in [9.17, 15) is 5.11 Å². The zero-order valence-electron chi connectivity index (χ0n) is 9.02. The topological polar surface area (TPSA) is 49.7 Å². The fourth-order valence-corrected chi connectivity index (χ4v) is 1.14. The molecule has 0 saturated heterocycles. The highest BCUT2D eigenvalue weighted by atomic mass is 16.5. The lowest BCUT2D eigenvalue weighted by Crippen LogP contribution is -2.30. The Kier molecular flexibility index (Phi) is 4.75. The lowest BCUT2D eigenvalue weighted by Gasteiger charge is -2.19. The molecule has 0 heterocycles. The number of hydrogen-bond donors (Lipinski definition) is 2. The Morgan fingerprint density at radius 1 is 1.27 bits per heavy atom. The van der Waals surface area contributed by atoms with Crippen molar-refractivity contribution in [3.05, 3.63) is 35.9 Å². The maximum absolute atomic E-state index is 9.49. The molecule has 3 nitrogen and oxygen atoms in total. The fraction of sp³-hybridized carbons (Fsp3) is 0.500. The van der Waals surface area contributed by atoms with Gasteiger partial charge in [-0.25, -0.2) is 0 Å². The van der Waals surface area contributed by atoms with Gasteiger partial charge in [0.05, 0.1) is 18.8 Å². The highest BCUT2D eigenvalue weighted by Crippen LogP contribution is 2.08. The third kappa shape index (κ3) is 4.93. The second-order valence-corrected chi connectivity index (χ2v) is 3.94. The van der Waals surface area contributed by atoms with Crippen LogP contribution in [0.25, 0.3) is 0 Å². The summed E-state index contributed by atoms with van der Waals surface area (Å²) in [5.74, 6) is 0. The molecular weight excluding hydrogens is 192 g/mol. The van der Waals surface area contributed by atoms with Crippen LogP contribution < -0.4 is 0 Å². The molecule has 0 bridgehead atoms. The van der Waals surface area contributed by atoms with Crippen molar-refractivity contribution in [3.63, 3.8) is 0 Å². The van der Waals surface area contributed by atoms with E-state index in [4.69, 9.17) is 9.84 Å². The maximum Gasteiger partial charge on any atom is 0.0871 e. The molecule has 0 aliphatic rings. The smallest absolute Gasteiger partial charge is 0.0871 e. The molecule has 0 radical (unpaired) electrons. The lowest BCUT2D eigenvalue weighted by molar-refractivity contribution is -0.0287. The molecule has 0 unspecified atom stereocenters. The normalized spacial score (nSPS) is 14.9. The molecule has 15 heavy (non-hydrogen) atoms. The zero-order valence-corrected chi connectivity index (χ0v) is 9.02. The molecule has 0 spiro atoms. The average molecular weight is 210 g/mol. The van der Waals surface area contributed by atoms with Crippen molar-refractivity contribution >= 4 is 0 Å². The van der Waals surface area contributed by atoms with Crippen LogP contribution in [0.1, 0.15) is 18.9 Å². The highest BCUT2D eigenvalue weighted by Gasteiger charge is 2.17. The van der Waals surface area contributed by atoms with Crippen LogP contribution in [0.4, 0.5) is 0 Å². The molecule has 2 N–H and O–H groups in total. The Morgan fingerprint density at radius 2 is 1.93 bits per heavy atom. The van der Waals surface area contributed by atoms with E-state index in [1.54, 1.807) is 6.92 Å². The Hall–Kier alpha value is -0.900. The van der Waals surface area contributed by atoms with Gasteiger partial charge in [-0.15, -0.1) is 0 Å². The molecule has 1 atom stereocenters. The Labute approximate surface area is 90.3 Å². The number of hydrogen-bond acceptors (Lipinski definition) is 3. The van der Waals surface area contributed by atoms with Crippen LogP contribution >= 0.6 is 0 Å². The van der Waals surface area contributed by atoms with E-state index in [0.717, 1.165) is 5.56 Å². The minimum Gasteiger partial charge on any atom is -0.393 e. The SMILES string of the molecule is C[C@@](O)(CO)CCOCc1ccccc1. The number of aliphatic hydroxyl groups is 2. The van der Waals surface area contributed by atoms with Crippen molar-refractivity contribution in [3.8, 4) is 0 Å². The molecular formula is C12H18O3. The van der Waals surface area contributed by atoms with Crippen LogP contribution in [-0.2, 0) is 11.3 Å². The van der Waals surface area contributed by atoms with Crippen molar-refractivity contribution in [1.29, 1.82) is 0 Å². The van der Waals surface area contributed by atoms with E-state index in [0.29, 0.717) is 19.6 Å². The molecule has 1 aromatic rings. The molecule has 0 fully saturated rings. The third-order valence-corrected chi connectivity index (χ3v) is 2.24. The summed E-state index contributed by atoms with van der Waals surface area (Å²) in [7, 11) is 0. The zero-order chi connectivity index (χ0) is 11.1. The lowest BCUT2D eigenvalue weighted by atomic mass is 10.1. The van der Waals surface area contributed by atoms with E-state index in [1.807, 2.05) is 30.3 Å². The predicted molar refractivity (Wildman–Crippen MR) is 58.4 cm³/mol. The molecule has 1 rings (SSSR count). The monoisotopic (exact) mass is 210 g/mol. The van der Waals surface area contributed by atoms with Crippen LogP contribution in [0.15, 0.2) is 30.3 Å². The van der Waals surface area contributed by atoms with Crippen molar-refractivity contribution in [2.75, 3.05) is 13.2 Å². The first kappa shape index (κ1) is 12.2. The molecule has 0 amide bonds. The third-order valence-electron chi connectivity index (χ3n) is 2.24. The van der Waals surface area contributed by atoms with E-state index < -0.39 is 5.60 Å². The van der Waals surface area contributed by atoms with Crippen LogP contribution in [0.5, 0.6) is 0 Å². The summed E-state index contributed by atoms with van der Waals surface area (Å²) in [4.78, 5) is 0. The van der Waals surface area contributed by atoms with Crippen molar-refractivity contribution in [2.45, 2.75) is 25.6 Å². The molecule has 3 heteroatoms. The van der Waals surface area contributed by atoms with Gasteiger partial charge in [-0.3, -0.25) is 0 Å². The molecule has 0 aliphatic carbocycles. The van der Waals surface area contributed by atoms with Crippen LogP contribution in [-0.4, -0.2) is 29.0 Å². The van der Waals surface area contributed by atoms with E-state index in [-0.39, 0.29) is 6.61 Å². The minimum atomic E-state index is -1.03. The van der Waals surface area contributed by atoms with Gasteiger partial charge >= 0.3 is 0 Å². The number of rotatable bonds is 6. The standard InChI is InChI=1S/C12H18O3/c1-12(14,10-13)7-8-15-9-11-5-3-2-4-6-11/h2-6,13-14H,7-10H2,1H3/t12-/m0/s1. The van der Waals surface area contributed by atoms with Crippen molar-refractivity contribution in [2.24, 2.45) is 0 Å². The fourth-order valence-electron chi connectivity index (χ4n) is 1.14. The van der Waals surface area contributed by atoms with Crippen LogP contribution in [0.2, 0.25) is 0 Å². The second-order valence-electron chi connectivity index (χ2n) is 3.94. The minimum absolute atomic E-state index is 0.234. The Bertz CT molecular complexity index is 269. The van der Waals surface area contributed by atoms with Gasteiger partial charge in [0, 0.05) is 13.0 Å². The quantitative estimate of drug-likeness (QED) is 0.696. The first-order valence-electron chi connectivity index (χ1n) is 5.09. The molecule has 1 aromatic carbocycles. The second kappa shape index (κ2) is 5.85. The maximum atomic E-state index is 9.49. The molecule has 84 valence electrons. The number of benzene rings is 1. The molecule has 0 saturated carbocycles. The van der Waals surface area contributed by atoms with Gasteiger partial charge in [0.15, 0.2) is 0 Å².